The van der Waals surface area contributed by atoms with Crippen LogP contribution in [0.15, 0.2) is 51.0 Å². The molecule has 0 spiro atoms. The van der Waals surface area contributed by atoms with E-state index in [9.17, 15) is 18.0 Å². The second-order valence-electron chi connectivity index (χ2n) is 5.58. The summed E-state index contributed by atoms with van der Waals surface area (Å²) in [6.45, 7) is 2.32. The Kier molecular flexibility index (Phi) is 5.40. The summed E-state index contributed by atoms with van der Waals surface area (Å²) in [7, 11) is -1.33. The van der Waals surface area contributed by atoms with Crippen LogP contribution in [-0.4, -0.2) is 28.4 Å². The van der Waals surface area contributed by atoms with Crippen LogP contribution in [0.1, 0.15) is 18.9 Å². The van der Waals surface area contributed by atoms with Crippen LogP contribution in [-0.2, 0) is 30.7 Å². The summed E-state index contributed by atoms with van der Waals surface area (Å²) < 4.78 is 29.1. The predicted octanol–water partition coefficient (Wildman–Crippen LogP) is 0.685. The molecule has 2 rings (SSSR count). The van der Waals surface area contributed by atoms with Crippen LogP contribution < -0.4 is 11.2 Å². The highest BCUT2D eigenvalue weighted by Crippen LogP contribution is 2.15. The fourth-order valence-electron chi connectivity index (χ4n) is 2.41. The molecule has 0 fully saturated rings. The normalized spacial score (nSPS) is 11.8. The molecule has 0 radical (unpaired) electrons. The van der Waals surface area contributed by atoms with Gasteiger partial charge in [-0.15, -0.1) is 0 Å². The lowest BCUT2D eigenvalue weighted by Crippen LogP contribution is -2.42. The summed E-state index contributed by atoms with van der Waals surface area (Å²) in [6.07, 6.45) is 1.70. The molecule has 24 heavy (non-hydrogen) atoms. The molecule has 0 saturated heterocycles. The van der Waals surface area contributed by atoms with E-state index < -0.39 is 26.2 Å². The fourth-order valence-corrected chi connectivity index (χ4v) is 4.08. The maximum Gasteiger partial charge on any atom is 0.330 e. The Morgan fingerprint density at radius 2 is 1.71 bits per heavy atom. The van der Waals surface area contributed by atoms with Crippen LogP contribution in [0, 0.1) is 0 Å². The number of nitrogens with zero attached hydrogens (tertiary/aromatic N) is 3. The second kappa shape index (κ2) is 7.14. The first-order chi connectivity index (χ1) is 11.3. The van der Waals surface area contributed by atoms with Gasteiger partial charge in [0.1, 0.15) is 0 Å². The molecule has 0 saturated carbocycles. The number of rotatable bonds is 6. The van der Waals surface area contributed by atoms with E-state index in [-0.39, 0.29) is 13.1 Å². The molecule has 7 nitrogen and oxygen atoms in total. The first kappa shape index (κ1) is 18.2. The van der Waals surface area contributed by atoms with Gasteiger partial charge in [0.2, 0.25) is 10.0 Å². The lowest BCUT2D eigenvalue weighted by atomic mass is 10.2. The third-order valence-corrected chi connectivity index (χ3v) is 5.53. The SMILES string of the molecule is CCCN(Cc1ccccc1)S(=O)(=O)c1cn(C)c(=O)n(C)c1=O. The van der Waals surface area contributed by atoms with Gasteiger partial charge in [0.05, 0.1) is 0 Å². The minimum atomic E-state index is -4.01. The van der Waals surface area contributed by atoms with E-state index in [4.69, 9.17) is 0 Å². The average molecular weight is 351 g/mol. The second-order valence-corrected chi connectivity index (χ2v) is 7.48. The van der Waals surface area contributed by atoms with Crippen LogP contribution in [0.2, 0.25) is 0 Å². The predicted molar refractivity (Wildman–Crippen MR) is 91.3 cm³/mol. The molecule has 0 N–H and O–H groups in total. The monoisotopic (exact) mass is 351 g/mol. The van der Waals surface area contributed by atoms with Gasteiger partial charge in [0, 0.05) is 33.4 Å². The Morgan fingerprint density at radius 3 is 2.29 bits per heavy atom. The summed E-state index contributed by atoms with van der Waals surface area (Å²) in [5.41, 5.74) is -0.549. The van der Waals surface area contributed by atoms with Gasteiger partial charge in [-0.1, -0.05) is 37.3 Å². The van der Waals surface area contributed by atoms with E-state index in [1.54, 1.807) is 0 Å². The van der Waals surface area contributed by atoms with E-state index in [1.165, 1.54) is 18.4 Å². The Morgan fingerprint density at radius 1 is 1.08 bits per heavy atom. The molecule has 0 amide bonds. The van der Waals surface area contributed by atoms with Gasteiger partial charge in [-0.05, 0) is 12.0 Å². The van der Waals surface area contributed by atoms with Gasteiger partial charge in [-0.2, -0.15) is 4.31 Å². The molecule has 130 valence electrons. The van der Waals surface area contributed by atoms with Gasteiger partial charge in [-0.25, -0.2) is 13.2 Å². The summed E-state index contributed by atoms with van der Waals surface area (Å²) in [5, 5.41) is 0. The fraction of sp³-hybridized carbons (Fsp3) is 0.375. The summed E-state index contributed by atoms with van der Waals surface area (Å²) in [4.78, 5) is 23.7. The minimum absolute atomic E-state index is 0.170. The molecular formula is C16H21N3O4S. The highest BCUT2D eigenvalue weighted by atomic mass is 32.2. The molecule has 0 bridgehead atoms. The Hall–Kier alpha value is -2.19. The summed E-state index contributed by atoms with van der Waals surface area (Å²) >= 11 is 0. The number of aromatic nitrogens is 2. The third-order valence-electron chi connectivity index (χ3n) is 3.71. The highest BCUT2D eigenvalue weighted by Gasteiger charge is 2.28. The van der Waals surface area contributed by atoms with Crippen molar-refractivity contribution in [1.82, 2.24) is 13.4 Å². The maximum atomic E-state index is 13.0. The first-order valence-corrected chi connectivity index (χ1v) is 9.03. The van der Waals surface area contributed by atoms with Crippen molar-refractivity contribution < 1.29 is 8.42 Å². The van der Waals surface area contributed by atoms with Crippen molar-refractivity contribution in [2.75, 3.05) is 6.54 Å². The van der Waals surface area contributed by atoms with E-state index in [1.807, 2.05) is 37.3 Å². The number of hydrogen-bond acceptors (Lipinski definition) is 4. The van der Waals surface area contributed by atoms with Crippen molar-refractivity contribution in [1.29, 1.82) is 0 Å². The van der Waals surface area contributed by atoms with Crippen molar-refractivity contribution in [3.63, 3.8) is 0 Å². The Balaban J connectivity index is 2.54. The first-order valence-electron chi connectivity index (χ1n) is 7.59. The lowest BCUT2D eigenvalue weighted by molar-refractivity contribution is 0.403. The van der Waals surface area contributed by atoms with Crippen LogP contribution in [0.25, 0.3) is 0 Å². The molecule has 1 aromatic heterocycles. The van der Waals surface area contributed by atoms with E-state index >= 15 is 0 Å². The molecule has 0 unspecified atom stereocenters. The number of benzene rings is 1. The average Bonchev–Trinajstić information content (AvgIpc) is 2.56. The zero-order valence-electron chi connectivity index (χ0n) is 14.0. The zero-order chi connectivity index (χ0) is 17.9. The van der Waals surface area contributed by atoms with Crippen LogP contribution in [0.4, 0.5) is 0 Å². The zero-order valence-corrected chi connectivity index (χ0v) is 14.8. The van der Waals surface area contributed by atoms with Crippen LogP contribution in [0.3, 0.4) is 0 Å². The number of aryl methyl sites for hydroxylation is 1. The minimum Gasteiger partial charge on any atom is -0.302 e. The van der Waals surface area contributed by atoms with Crippen molar-refractivity contribution in [3.8, 4) is 0 Å². The van der Waals surface area contributed by atoms with Gasteiger partial charge < -0.3 is 4.57 Å². The molecular weight excluding hydrogens is 330 g/mol. The summed E-state index contributed by atoms with van der Waals surface area (Å²) in [6, 6.07) is 9.17. The van der Waals surface area contributed by atoms with E-state index in [2.05, 4.69) is 0 Å². The molecule has 1 aromatic carbocycles. The van der Waals surface area contributed by atoms with Gasteiger partial charge in [-0.3, -0.25) is 9.36 Å². The molecule has 0 aliphatic rings. The lowest BCUT2D eigenvalue weighted by Gasteiger charge is -2.22. The quantitative estimate of drug-likeness (QED) is 0.767. The van der Waals surface area contributed by atoms with Gasteiger partial charge >= 0.3 is 5.69 Å². The molecule has 8 heteroatoms. The largest absolute Gasteiger partial charge is 0.330 e. The maximum absolute atomic E-state index is 13.0. The van der Waals surface area contributed by atoms with Crippen LogP contribution in [0.5, 0.6) is 0 Å². The standard InChI is InChI=1S/C16H21N3O4S/c1-4-10-19(11-13-8-6-5-7-9-13)24(22,23)14-12-17(2)16(21)18(3)15(14)20/h5-9,12H,4,10-11H2,1-3H3. The number of sulfonamides is 1. The van der Waals surface area contributed by atoms with Crippen LogP contribution >= 0.6 is 0 Å². The van der Waals surface area contributed by atoms with E-state index in [0.717, 1.165) is 20.9 Å². The van der Waals surface area contributed by atoms with Crippen molar-refractivity contribution in [2.45, 2.75) is 24.8 Å². The van der Waals surface area contributed by atoms with Crippen molar-refractivity contribution in [3.05, 3.63) is 62.9 Å². The Bertz CT molecular complexity index is 930. The topological polar surface area (TPSA) is 81.4 Å². The van der Waals surface area contributed by atoms with Crippen molar-refractivity contribution in [2.24, 2.45) is 14.1 Å². The van der Waals surface area contributed by atoms with Gasteiger partial charge in [0.15, 0.2) is 4.90 Å². The smallest absolute Gasteiger partial charge is 0.302 e. The van der Waals surface area contributed by atoms with Crippen molar-refractivity contribution >= 4 is 10.0 Å². The van der Waals surface area contributed by atoms with E-state index in [0.29, 0.717) is 6.42 Å². The molecule has 1 heterocycles. The third kappa shape index (κ3) is 3.49. The highest BCUT2D eigenvalue weighted by molar-refractivity contribution is 7.89. The summed E-state index contributed by atoms with van der Waals surface area (Å²) in [5.74, 6) is 0. The molecule has 0 aliphatic heterocycles. The molecule has 2 aromatic rings. The van der Waals surface area contributed by atoms with Gasteiger partial charge in [0.25, 0.3) is 5.56 Å². The number of hydrogen-bond donors (Lipinski definition) is 0. The molecule has 0 atom stereocenters. The molecule has 0 aliphatic carbocycles. The Labute approximate surface area is 140 Å².